The number of aromatic nitrogens is 3. The summed E-state index contributed by atoms with van der Waals surface area (Å²) >= 11 is 0. The summed E-state index contributed by atoms with van der Waals surface area (Å²) in [5.41, 5.74) is 0.331. The van der Waals surface area contributed by atoms with Crippen molar-refractivity contribution in [3.8, 4) is 0 Å². The smallest absolute Gasteiger partial charge is 0.253 e. The molecule has 0 saturated carbocycles. The first-order valence-corrected chi connectivity index (χ1v) is 10.1. The largest absolute Gasteiger partial charge is 0.388 e. The van der Waals surface area contributed by atoms with E-state index in [-0.39, 0.29) is 11.5 Å². The Morgan fingerprint density at radius 1 is 1.38 bits per heavy atom. The summed E-state index contributed by atoms with van der Waals surface area (Å²) < 4.78 is 8.08. The maximum atomic E-state index is 12.5. The molecule has 1 spiro atoms. The van der Waals surface area contributed by atoms with Gasteiger partial charge in [0.2, 0.25) is 0 Å². The highest BCUT2D eigenvalue weighted by Crippen LogP contribution is 2.39. The molecule has 2 N–H and O–H groups in total. The van der Waals surface area contributed by atoms with Crippen LogP contribution >= 0.6 is 0 Å². The van der Waals surface area contributed by atoms with Gasteiger partial charge in [0.05, 0.1) is 35.6 Å². The molecule has 0 aromatic carbocycles. The zero-order valence-corrected chi connectivity index (χ0v) is 17.0. The van der Waals surface area contributed by atoms with E-state index < -0.39 is 11.6 Å². The average molecular weight is 399 g/mol. The molecule has 2 aliphatic heterocycles. The molecule has 29 heavy (non-hydrogen) atoms. The van der Waals surface area contributed by atoms with Gasteiger partial charge < -0.3 is 15.2 Å². The van der Waals surface area contributed by atoms with Crippen LogP contribution in [0.5, 0.6) is 0 Å². The number of aryl methyl sites for hydroxylation is 1. The van der Waals surface area contributed by atoms with Crippen LogP contribution in [0.1, 0.15) is 42.1 Å². The van der Waals surface area contributed by atoms with Gasteiger partial charge >= 0.3 is 0 Å². The van der Waals surface area contributed by atoms with Gasteiger partial charge in [-0.25, -0.2) is 0 Å². The maximum absolute atomic E-state index is 12.5. The minimum atomic E-state index is -1.03. The molecule has 0 aliphatic carbocycles. The van der Waals surface area contributed by atoms with E-state index in [2.05, 4.69) is 20.3 Å². The summed E-state index contributed by atoms with van der Waals surface area (Å²) in [6.07, 6.45) is 9.34. The van der Waals surface area contributed by atoms with E-state index in [9.17, 15) is 9.90 Å². The molecule has 0 unspecified atom stereocenters. The molecule has 2 aromatic heterocycles. The highest BCUT2D eigenvalue weighted by molar-refractivity contribution is 5.94. The lowest BCUT2D eigenvalue weighted by molar-refractivity contribution is -0.186. The fraction of sp³-hybridized carbons (Fsp3) is 0.571. The number of hydrogen-bond acceptors (Lipinski definition) is 6. The standard InChI is InChI=1S/C21H29N5O3/c1-20(28)15-21(5-8-26(9-6-21)13-16-10-23-25(2)12-16)29-14-18(20)24-19(27)17-4-3-7-22-11-17/h3-4,7,10-12,18,28H,5-6,8-9,13-15H2,1-2H3,(H,24,27)/t18-,20-/m0/s1. The van der Waals surface area contributed by atoms with Crippen LogP contribution in [0, 0.1) is 0 Å². The van der Waals surface area contributed by atoms with E-state index >= 15 is 0 Å². The molecule has 4 heterocycles. The molecule has 2 fully saturated rings. The van der Waals surface area contributed by atoms with Gasteiger partial charge in [0.15, 0.2) is 0 Å². The molecule has 0 radical (unpaired) electrons. The number of carbonyl (C=O) groups excluding carboxylic acids is 1. The number of piperidine rings is 1. The summed E-state index contributed by atoms with van der Waals surface area (Å²) in [7, 11) is 1.93. The first kappa shape index (κ1) is 20.0. The topological polar surface area (TPSA) is 92.5 Å². The van der Waals surface area contributed by atoms with Crippen molar-refractivity contribution >= 4 is 5.91 Å². The Bertz CT molecular complexity index is 843. The van der Waals surface area contributed by atoms with Crippen molar-refractivity contribution < 1.29 is 14.6 Å². The van der Waals surface area contributed by atoms with Gasteiger partial charge in [0.1, 0.15) is 0 Å². The number of aliphatic hydroxyl groups is 1. The summed E-state index contributed by atoms with van der Waals surface area (Å²) in [6, 6.07) is 2.98. The molecule has 8 nitrogen and oxygen atoms in total. The number of hydrogen-bond donors (Lipinski definition) is 2. The number of nitrogens with one attached hydrogen (secondary N) is 1. The van der Waals surface area contributed by atoms with E-state index in [4.69, 9.17) is 4.74 Å². The van der Waals surface area contributed by atoms with Crippen LogP contribution in [0.2, 0.25) is 0 Å². The first-order chi connectivity index (χ1) is 13.9. The lowest BCUT2D eigenvalue weighted by atomic mass is 9.75. The number of likely N-dealkylation sites (tertiary alicyclic amines) is 1. The predicted octanol–water partition coefficient (Wildman–Crippen LogP) is 1.12. The minimum Gasteiger partial charge on any atom is -0.388 e. The molecular formula is C21H29N5O3. The van der Waals surface area contributed by atoms with E-state index in [0.29, 0.717) is 18.6 Å². The highest BCUT2D eigenvalue weighted by Gasteiger charge is 2.49. The van der Waals surface area contributed by atoms with Crippen LogP contribution in [0.15, 0.2) is 36.9 Å². The molecule has 0 bridgehead atoms. The third-order valence-corrected chi connectivity index (χ3v) is 6.15. The summed E-state index contributed by atoms with van der Waals surface area (Å²) in [5.74, 6) is -0.241. The Hall–Kier alpha value is -2.29. The summed E-state index contributed by atoms with van der Waals surface area (Å²) in [6.45, 7) is 4.81. The zero-order valence-electron chi connectivity index (χ0n) is 17.0. The zero-order chi connectivity index (χ0) is 20.5. The van der Waals surface area contributed by atoms with Crippen LogP contribution in [0.25, 0.3) is 0 Å². The lowest BCUT2D eigenvalue weighted by Gasteiger charge is -2.51. The number of ether oxygens (including phenoxy) is 1. The van der Waals surface area contributed by atoms with Crippen molar-refractivity contribution in [2.45, 2.75) is 50.0 Å². The second kappa shape index (κ2) is 7.85. The Morgan fingerprint density at radius 3 is 2.79 bits per heavy atom. The summed E-state index contributed by atoms with van der Waals surface area (Å²) in [5, 5.41) is 18.3. The number of rotatable bonds is 4. The molecule has 1 amide bonds. The van der Waals surface area contributed by atoms with Crippen LogP contribution in [0.4, 0.5) is 0 Å². The highest BCUT2D eigenvalue weighted by atomic mass is 16.5. The van der Waals surface area contributed by atoms with Crippen molar-refractivity contribution in [2.75, 3.05) is 19.7 Å². The Balaban J connectivity index is 1.33. The van der Waals surface area contributed by atoms with Crippen molar-refractivity contribution in [2.24, 2.45) is 7.05 Å². The molecular weight excluding hydrogens is 370 g/mol. The number of nitrogens with zero attached hydrogens (tertiary/aromatic N) is 4. The van der Waals surface area contributed by atoms with Crippen molar-refractivity contribution in [1.29, 1.82) is 0 Å². The minimum absolute atomic E-state index is 0.241. The molecule has 4 rings (SSSR count). The van der Waals surface area contributed by atoms with Crippen LogP contribution < -0.4 is 5.32 Å². The van der Waals surface area contributed by atoms with E-state index in [0.717, 1.165) is 32.5 Å². The second-order valence-corrected chi connectivity index (χ2v) is 8.59. The van der Waals surface area contributed by atoms with E-state index in [1.807, 2.05) is 24.1 Å². The Kier molecular flexibility index (Phi) is 5.42. The summed E-state index contributed by atoms with van der Waals surface area (Å²) in [4.78, 5) is 18.8. The van der Waals surface area contributed by atoms with Gasteiger partial charge in [0.25, 0.3) is 5.91 Å². The van der Waals surface area contributed by atoms with Gasteiger partial charge in [-0.15, -0.1) is 0 Å². The first-order valence-electron chi connectivity index (χ1n) is 10.1. The van der Waals surface area contributed by atoms with Crippen LogP contribution in [-0.4, -0.2) is 67.6 Å². The number of carbonyl (C=O) groups is 1. The van der Waals surface area contributed by atoms with Gasteiger partial charge in [-0.05, 0) is 31.9 Å². The molecule has 8 heteroatoms. The third kappa shape index (κ3) is 4.49. The van der Waals surface area contributed by atoms with Crippen molar-refractivity contribution in [3.05, 3.63) is 48.0 Å². The maximum Gasteiger partial charge on any atom is 0.253 e. The van der Waals surface area contributed by atoms with E-state index in [1.54, 1.807) is 25.3 Å². The van der Waals surface area contributed by atoms with Crippen LogP contribution in [-0.2, 0) is 18.3 Å². The predicted molar refractivity (Wildman–Crippen MR) is 107 cm³/mol. The van der Waals surface area contributed by atoms with Gasteiger partial charge in [-0.2, -0.15) is 5.10 Å². The number of amides is 1. The van der Waals surface area contributed by atoms with Gasteiger partial charge in [-0.1, -0.05) is 0 Å². The lowest BCUT2D eigenvalue weighted by Crippen LogP contribution is -2.63. The van der Waals surface area contributed by atoms with Gasteiger partial charge in [0, 0.05) is 57.3 Å². The molecule has 2 saturated heterocycles. The van der Waals surface area contributed by atoms with Crippen molar-refractivity contribution in [1.82, 2.24) is 25.0 Å². The monoisotopic (exact) mass is 399 g/mol. The molecule has 2 atom stereocenters. The fourth-order valence-corrected chi connectivity index (χ4v) is 4.45. The second-order valence-electron chi connectivity index (χ2n) is 8.59. The Labute approximate surface area is 170 Å². The van der Waals surface area contributed by atoms with E-state index in [1.165, 1.54) is 11.8 Å². The van der Waals surface area contributed by atoms with Crippen LogP contribution in [0.3, 0.4) is 0 Å². The molecule has 2 aliphatic rings. The molecule has 2 aromatic rings. The number of pyridine rings is 1. The van der Waals surface area contributed by atoms with Gasteiger partial charge in [-0.3, -0.25) is 19.4 Å². The average Bonchev–Trinajstić information content (AvgIpc) is 3.11. The third-order valence-electron chi connectivity index (χ3n) is 6.15. The SMILES string of the molecule is Cn1cc(CN2CCC3(CC2)C[C@](C)(O)[C@@H](NC(=O)c2cccnc2)CO3)cn1. The fourth-order valence-electron chi connectivity index (χ4n) is 4.45. The quantitative estimate of drug-likeness (QED) is 0.801. The van der Waals surface area contributed by atoms with Crippen molar-refractivity contribution in [3.63, 3.8) is 0 Å². The Morgan fingerprint density at radius 2 is 2.17 bits per heavy atom. The molecule has 156 valence electrons. The normalized spacial score (nSPS) is 27.1.